The van der Waals surface area contributed by atoms with E-state index < -0.39 is 4.92 Å². The van der Waals surface area contributed by atoms with E-state index in [1.807, 2.05) is 17.1 Å². The van der Waals surface area contributed by atoms with Crippen LogP contribution in [-0.4, -0.2) is 10.7 Å². The summed E-state index contributed by atoms with van der Waals surface area (Å²) in [6.45, 7) is 0.251. The van der Waals surface area contributed by atoms with Crippen molar-refractivity contribution in [1.82, 2.24) is 0 Å². The van der Waals surface area contributed by atoms with Crippen molar-refractivity contribution >= 4 is 22.8 Å². The molecule has 0 aliphatic carbocycles. The van der Waals surface area contributed by atoms with Crippen LogP contribution in [0.3, 0.4) is 0 Å². The van der Waals surface area contributed by atoms with Crippen LogP contribution in [0, 0.1) is 10.1 Å². The van der Waals surface area contributed by atoms with Gasteiger partial charge in [0.1, 0.15) is 0 Å². The zero-order valence-corrected chi connectivity index (χ0v) is 9.59. The summed E-state index contributed by atoms with van der Waals surface area (Å²) >= 11 is 1.50. The van der Waals surface area contributed by atoms with Crippen LogP contribution in [0.5, 0.6) is 0 Å². The van der Waals surface area contributed by atoms with Crippen LogP contribution in [0.2, 0.25) is 0 Å². The maximum absolute atomic E-state index is 11.8. The average Bonchev–Trinajstić information content (AvgIpc) is 2.82. The van der Waals surface area contributed by atoms with Gasteiger partial charge in [-0.3, -0.25) is 14.9 Å². The van der Waals surface area contributed by atoms with E-state index in [4.69, 9.17) is 0 Å². The fraction of sp³-hybridized carbons (Fsp3) is 0.0909. The lowest BCUT2D eigenvalue weighted by Gasteiger charge is -1.96. The van der Waals surface area contributed by atoms with Crippen LogP contribution in [0.4, 0.5) is 5.69 Å². The number of aromatic nitrogens is 1. The van der Waals surface area contributed by atoms with Gasteiger partial charge in [0.05, 0.1) is 10.3 Å². The van der Waals surface area contributed by atoms with E-state index in [9.17, 15) is 14.9 Å². The molecule has 0 spiro atoms. The van der Waals surface area contributed by atoms with E-state index in [-0.39, 0.29) is 18.0 Å². The highest BCUT2D eigenvalue weighted by Gasteiger charge is 2.13. The molecule has 0 aliphatic heterocycles. The highest BCUT2D eigenvalue weighted by molar-refractivity contribution is 7.07. The van der Waals surface area contributed by atoms with E-state index in [0.717, 1.165) is 0 Å². The fourth-order valence-electron chi connectivity index (χ4n) is 1.38. The standard InChI is InChI=1S/C11H9N2O3S/c14-11(7-12-5-6-17-8-12)9-1-3-10(4-2-9)13(15)16/h1-6,8H,7H2/q+1. The molecule has 1 aromatic carbocycles. The maximum atomic E-state index is 11.8. The molecular formula is C11H9N2O3S+. The van der Waals surface area contributed by atoms with Crippen LogP contribution in [-0.2, 0) is 6.54 Å². The first-order valence-electron chi connectivity index (χ1n) is 4.86. The molecule has 0 unspecified atom stereocenters. The Balaban J connectivity index is 2.12. The fourth-order valence-corrected chi connectivity index (χ4v) is 1.98. The zero-order valence-electron chi connectivity index (χ0n) is 8.78. The quantitative estimate of drug-likeness (QED) is 0.359. The van der Waals surface area contributed by atoms with Crippen LogP contribution in [0.25, 0.3) is 0 Å². The van der Waals surface area contributed by atoms with E-state index in [1.165, 1.54) is 35.6 Å². The predicted molar refractivity (Wildman–Crippen MR) is 61.9 cm³/mol. The van der Waals surface area contributed by atoms with Crippen LogP contribution >= 0.6 is 11.3 Å². The number of rotatable bonds is 4. The Bertz CT molecular complexity index is 534. The number of nitro groups is 1. The van der Waals surface area contributed by atoms with Gasteiger partial charge in [0, 0.05) is 17.7 Å². The minimum atomic E-state index is -0.484. The average molecular weight is 249 g/mol. The minimum Gasteiger partial charge on any atom is -0.287 e. The summed E-state index contributed by atoms with van der Waals surface area (Å²) in [4.78, 5) is 21.8. The summed E-state index contributed by atoms with van der Waals surface area (Å²) in [5, 5.41) is 12.3. The van der Waals surface area contributed by atoms with Crippen molar-refractivity contribution in [2.24, 2.45) is 0 Å². The number of hydrogen-bond acceptors (Lipinski definition) is 4. The van der Waals surface area contributed by atoms with Gasteiger partial charge < -0.3 is 0 Å². The number of non-ortho nitro benzene ring substituents is 1. The van der Waals surface area contributed by atoms with Gasteiger partial charge in [0.25, 0.3) is 5.69 Å². The zero-order chi connectivity index (χ0) is 12.3. The molecule has 0 amide bonds. The molecule has 2 rings (SSSR count). The number of Topliss-reactive ketones (excluding diaryl/α,β-unsaturated/α-hetero) is 1. The Hall–Kier alpha value is -2.08. The van der Waals surface area contributed by atoms with E-state index >= 15 is 0 Å². The van der Waals surface area contributed by atoms with Gasteiger partial charge in [-0.05, 0) is 12.1 Å². The first kappa shape index (κ1) is 11.4. The molecule has 0 N–H and O–H groups in total. The number of nitrogens with zero attached hydrogens (tertiary/aromatic N) is 2. The van der Waals surface area contributed by atoms with Crippen LogP contribution in [0.1, 0.15) is 10.4 Å². The number of thiazole rings is 1. The molecular weight excluding hydrogens is 240 g/mol. The van der Waals surface area contributed by atoms with Crippen LogP contribution in [0.15, 0.2) is 41.4 Å². The highest BCUT2D eigenvalue weighted by Crippen LogP contribution is 2.12. The third-order valence-corrected chi connectivity index (χ3v) is 2.92. The first-order valence-corrected chi connectivity index (χ1v) is 5.80. The number of carbonyl (C=O) groups is 1. The normalized spacial score (nSPS) is 10.1. The largest absolute Gasteiger partial charge is 0.287 e. The number of nitro benzene ring substituents is 1. The molecule has 0 saturated carbocycles. The third-order valence-electron chi connectivity index (χ3n) is 2.25. The Morgan fingerprint density at radius 1 is 1.35 bits per heavy atom. The summed E-state index contributed by atoms with van der Waals surface area (Å²) < 4.78 is 1.77. The molecule has 17 heavy (non-hydrogen) atoms. The van der Waals surface area contributed by atoms with Crippen molar-refractivity contribution in [3.8, 4) is 0 Å². The summed E-state index contributed by atoms with van der Waals surface area (Å²) in [6.07, 6.45) is 1.81. The number of ketones is 1. The number of carbonyl (C=O) groups excluding carboxylic acids is 1. The molecule has 0 aliphatic rings. The maximum Gasteiger partial charge on any atom is 0.269 e. The van der Waals surface area contributed by atoms with E-state index in [1.54, 1.807) is 4.57 Å². The molecule has 1 aromatic heterocycles. The lowest BCUT2D eigenvalue weighted by atomic mass is 10.1. The van der Waals surface area contributed by atoms with Gasteiger partial charge in [-0.1, -0.05) is 11.3 Å². The second kappa shape index (κ2) is 4.84. The summed E-state index contributed by atoms with van der Waals surface area (Å²) in [5.74, 6) is -0.0664. The third kappa shape index (κ3) is 2.73. The second-order valence-electron chi connectivity index (χ2n) is 3.43. The topological polar surface area (TPSA) is 64.1 Å². The summed E-state index contributed by atoms with van der Waals surface area (Å²) in [5.41, 5.74) is 2.31. The summed E-state index contributed by atoms with van der Waals surface area (Å²) in [6, 6.07) is 5.64. The number of hydrogen-bond donors (Lipinski definition) is 0. The SMILES string of the molecule is O=C(C[n+]1ccsc1)c1ccc([N+](=O)[O-])cc1. The Labute approximate surface area is 101 Å². The van der Waals surface area contributed by atoms with Gasteiger partial charge >= 0.3 is 0 Å². The molecule has 1 heterocycles. The van der Waals surface area contributed by atoms with Crippen molar-refractivity contribution in [3.63, 3.8) is 0 Å². The Morgan fingerprint density at radius 2 is 2.06 bits per heavy atom. The summed E-state index contributed by atoms with van der Waals surface area (Å²) in [7, 11) is 0. The van der Waals surface area contributed by atoms with Gasteiger partial charge in [-0.2, -0.15) is 4.57 Å². The van der Waals surface area contributed by atoms with Crippen molar-refractivity contribution in [2.75, 3.05) is 0 Å². The van der Waals surface area contributed by atoms with Crippen molar-refractivity contribution < 1.29 is 14.3 Å². The molecule has 2 aromatic rings. The Kier molecular flexibility index (Phi) is 3.24. The lowest BCUT2D eigenvalue weighted by molar-refractivity contribution is -0.678. The smallest absolute Gasteiger partial charge is 0.269 e. The van der Waals surface area contributed by atoms with Gasteiger partial charge in [0.15, 0.2) is 6.20 Å². The molecule has 0 radical (unpaired) electrons. The lowest BCUT2D eigenvalue weighted by Crippen LogP contribution is -2.34. The minimum absolute atomic E-state index is 0.00950. The monoisotopic (exact) mass is 249 g/mol. The van der Waals surface area contributed by atoms with Crippen molar-refractivity contribution in [1.29, 1.82) is 0 Å². The van der Waals surface area contributed by atoms with Gasteiger partial charge in [0.2, 0.25) is 17.8 Å². The molecule has 5 nitrogen and oxygen atoms in total. The second-order valence-corrected chi connectivity index (χ2v) is 4.18. The van der Waals surface area contributed by atoms with Gasteiger partial charge in [-0.15, -0.1) is 0 Å². The Morgan fingerprint density at radius 3 is 2.59 bits per heavy atom. The highest BCUT2D eigenvalue weighted by atomic mass is 32.1. The molecule has 86 valence electrons. The molecule has 0 bridgehead atoms. The molecule has 0 atom stereocenters. The van der Waals surface area contributed by atoms with Crippen LogP contribution < -0.4 is 4.57 Å². The van der Waals surface area contributed by atoms with Crippen molar-refractivity contribution in [3.05, 3.63) is 57.0 Å². The van der Waals surface area contributed by atoms with E-state index in [0.29, 0.717) is 5.56 Å². The van der Waals surface area contributed by atoms with E-state index in [2.05, 4.69) is 0 Å². The molecule has 0 fully saturated rings. The molecule has 0 saturated heterocycles. The van der Waals surface area contributed by atoms with Crippen molar-refractivity contribution in [2.45, 2.75) is 6.54 Å². The molecule has 6 heteroatoms. The van der Waals surface area contributed by atoms with Gasteiger partial charge in [-0.25, -0.2) is 0 Å². The first-order chi connectivity index (χ1) is 8.16. The predicted octanol–water partition coefficient (Wildman–Crippen LogP) is 1.83. The number of benzene rings is 1.